The number of carbonyl (C=O) groups excluding carboxylic acids is 2. The smallest absolute Gasteiger partial charge is 0.322 e. The van der Waals surface area contributed by atoms with Gasteiger partial charge < -0.3 is 10.6 Å². The fourth-order valence-electron chi connectivity index (χ4n) is 2.50. The SMILES string of the molecule is O=C(Nc1ccccc1C(=O)Nc1cccc(C(F)(F)F)c1)c1ccnc(Cl)c1. The maximum atomic E-state index is 12.9. The molecule has 1 heterocycles. The maximum absolute atomic E-state index is 12.9. The van der Waals surface area contributed by atoms with Crippen LogP contribution in [0.1, 0.15) is 26.3 Å². The first-order valence-corrected chi connectivity index (χ1v) is 8.62. The Balaban J connectivity index is 1.81. The lowest BCUT2D eigenvalue weighted by Gasteiger charge is -2.13. The van der Waals surface area contributed by atoms with E-state index in [0.29, 0.717) is 0 Å². The lowest BCUT2D eigenvalue weighted by atomic mass is 10.1. The summed E-state index contributed by atoms with van der Waals surface area (Å²) in [7, 11) is 0. The van der Waals surface area contributed by atoms with Crippen molar-refractivity contribution in [2.45, 2.75) is 6.18 Å². The number of nitrogens with one attached hydrogen (secondary N) is 2. The second-order valence-corrected chi connectivity index (χ2v) is 6.29. The highest BCUT2D eigenvalue weighted by molar-refractivity contribution is 6.29. The number of halogens is 4. The van der Waals surface area contributed by atoms with E-state index >= 15 is 0 Å². The Bertz CT molecular complexity index is 1070. The predicted molar refractivity (Wildman–Crippen MR) is 103 cm³/mol. The Hall–Kier alpha value is -3.39. The molecule has 3 aromatic rings. The molecule has 3 rings (SSSR count). The normalized spacial score (nSPS) is 11.0. The molecule has 0 saturated carbocycles. The number of para-hydroxylation sites is 1. The fraction of sp³-hybridized carbons (Fsp3) is 0.0500. The van der Waals surface area contributed by atoms with Crippen LogP contribution in [0.25, 0.3) is 0 Å². The van der Waals surface area contributed by atoms with Gasteiger partial charge in [-0.3, -0.25) is 9.59 Å². The summed E-state index contributed by atoms with van der Waals surface area (Å²) in [5.74, 6) is -1.19. The van der Waals surface area contributed by atoms with Gasteiger partial charge in [-0.05, 0) is 42.5 Å². The number of anilines is 2. The van der Waals surface area contributed by atoms with E-state index < -0.39 is 23.6 Å². The van der Waals surface area contributed by atoms with Crippen LogP contribution in [-0.4, -0.2) is 16.8 Å². The fourth-order valence-corrected chi connectivity index (χ4v) is 2.67. The number of rotatable bonds is 4. The summed E-state index contributed by atoms with van der Waals surface area (Å²) in [6, 6.07) is 13.2. The first-order chi connectivity index (χ1) is 13.7. The molecule has 0 saturated heterocycles. The Kier molecular flexibility index (Phi) is 5.84. The first kappa shape index (κ1) is 20.3. The first-order valence-electron chi connectivity index (χ1n) is 8.24. The second-order valence-electron chi connectivity index (χ2n) is 5.90. The molecule has 0 fully saturated rings. The quantitative estimate of drug-likeness (QED) is 0.567. The van der Waals surface area contributed by atoms with Crippen molar-refractivity contribution >= 4 is 34.8 Å². The van der Waals surface area contributed by atoms with E-state index in [1.165, 1.54) is 42.6 Å². The average Bonchev–Trinajstić information content (AvgIpc) is 2.68. The molecule has 2 amide bonds. The molecule has 148 valence electrons. The minimum atomic E-state index is -4.53. The highest BCUT2D eigenvalue weighted by Gasteiger charge is 2.30. The van der Waals surface area contributed by atoms with Crippen LogP contribution in [0.4, 0.5) is 24.5 Å². The molecule has 5 nitrogen and oxygen atoms in total. The third kappa shape index (κ3) is 5.11. The highest BCUT2D eigenvalue weighted by Crippen LogP contribution is 2.31. The van der Waals surface area contributed by atoms with Crippen LogP contribution in [0.3, 0.4) is 0 Å². The molecule has 0 radical (unpaired) electrons. The molecule has 0 spiro atoms. The highest BCUT2D eigenvalue weighted by atomic mass is 35.5. The number of alkyl halides is 3. The lowest BCUT2D eigenvalue weighted by molar-refractivity contribution is -0.137. The number of amides is 2. The zero-order valence-corrected chi connectivity index (χ0v) is 15.4. The van der Waals surface area contributed by atoms with Crippen molar-refractivity contribution in [1.82, 2.24) is 4.98 Å². The molecule has 0 bridgehead atoms. The van der Waals surface area contributed by atoms with Gasteiger partial charge in [0.2, 0.25) is 0 Å². The molecule has 0 atom stereocenters. The zero-order valence-electron chi connectivity index (χ0n) is 14.6. The van der Waals surface area contributed by atoms with E-state index in [2.05, 4.69) is 15.6 Å². The zero-order chi connectivity index (χ0) is 21.0. The number of nitrogens with zero attached hydrogens (tertiary/aromatic N) is 1. The molecule has 29 heavy (non-hydrogen) atoms. The lowest BCUT2D eigenvalue weighted by Crippen LogP contribution is -2.18. The van der Waals surface area contributed by atoms with Crippen LogP contribution >= 0.6 is 11.6 Å². The monoisotopic (exact) mass is 419 g/mol. The molecular weight excluding hydrogens is 407 g/mol. The number of carbonyl (C=O) groups is 2. The third-order valence-electron chi connectivity index (χ3n) is 3.86. The molecule has 0 aliphatic heterocycles. The van der Waals surface area contributed by atoms with Crippen LogP contribution < -0.4 is 10.6 Å². The summed E-state index contributed by atoms with van der Waals surface area (Å²) in [6.07, 6.45) is -3.16. The Labute approximate surface area is 168 Å². The molecule has 9 heteroatoms. The molecule has 0 aliphatic carbocycles. The van der Waals surface area contributed by atoms with Crippen LogP contribution in [0.2, 0.25) is 5.15 Å². The Morgan fingerprint density at radius 1 is 0.897 bits per heavy atom. The summed E-state index contributed by atoms with van der Waals surface area (Å²) in [5, 5.41) is 5.13. The predicted octanol–water partition coefficient (Wildman–Crippen LogP) is 5.26. The molecule has 2 N–H and O–H groups in total. The summed E-state index contributed by atoms with van der Waals surface area (Å²) >= 11 is 5.77. The van der Waals surface area contributed by atoms with Crippen molar-refractivity contribution in [1.29, 1.82) is 0 Å². The van der Waals surface area contributed by atoms with Gasteiger partial charge in [-0.1, -0.05) is 29.8 Å². The minimum absolute atomic E-state index is 0.0214. The maximum Gasteiger partial charge on any atom is 0.416 e. The number of aromatic nitrogens is 1. The summed E-state index contributed by atoms with van der Waals surface area (Å²) in [6.45, 7) is 0. The molecule has 1 aromatic heterocycles. The van der Waals surface area contributed by atoms with E-state index in [0.717, 1.165) is 12.1 Å². The molecular formula is C20H13ClF3N3O2. The number of hydrogen-bond acceptors (Lipinski definition) is 3. The van der Waals surface area contributed by atoms with Gasteiger partial charge in [0.1, 0.15) is 5.15 Å². The largest absolute Gasteiger partial charge is 0.416 e. The number of pyridine rings is 1. The minimum Gasteiger partial charge on any atom is -0.322 e. The standard InChI is InChI=1S/C20H13ClF3N3O2/c21-17-10-12(8-9-25-17)18(28)27-16-7-2-1-6-15(16)19(29)26-14-5-3-4-13(11-14)20(22,23)24/h1-11H,(H,26,29)(H,27,28). The van der Waals surface area contributed by atoms with Crippen LogP contribution in [0.15, 0.2) is 66.9 Å². The van der Waals surface area contributed by atoms with E-state index in [1.54, 1.807) is 12.1 Å². The van der Waals surface area contributed by atoms with Crippen molar-refractivity contribution in [2.24, 2.45) is 0 Å². The molecule has 2 aromatic carbocycles. The van der Waals surface area contributed by atoms with Crippen molar-refractivity contribution in [3.8, 4) is 0 Å². The number of benzene rings is 2. The van der Waals surface area contributed by atoms with Gasteiger partial charge in [0.05, 0.1) is 16.8 Å². The average molecular weight is 420 g/mol. The number of hydrogen-bond donors (Lipinski definition) is 2. The van der Waals surface area contributed by atoms with Crippen molar-refractivity contribution in [3.63, 3.8) is 0 Å². The summed E-state index contributed by atoms with van der Waals surface area (Å²) in [4.78, 5) is 28.8. The topological polar surface area (TPSA) is 71.1 Å². The van der Waals surface area contributed by atoms with Gasteiger partial charge in [0, 0.05) is 17.4 Å². The molecule has 0 aliphatic rings. The van der Waals surface area contributed by atoms with Gasteiger partial charge in [0.25, 0.3) is 11.8 Å². The van der Waals surface area contributed by atoms with Gasteiger partial charge >= 0.3 is 6.18 Å². The van der Waals surface area contributed by atoms with Gasteiger partial charge in [0.15, 0.2) is 0 Å². The van der Waals surface area contributed by atoms with E-state index in [-0.39, 0.29) is 27.7 Å². The van der Waals surface area contributed by atoms with Crippen molar-refractivity contribution in [2.75, 3.05) is 10.6 Å². The Morgan fingerprint density at radius 2 is 1.66 bits per heavy atom. The van der Waals surface area contributed by atoms with Gasteiger partial charge in [-0.2, -0.15) is 13.2 Å². The Morgan fingerprint density at radius 3 is 2.38 bits per heavy atom. The molecule has 0 unspecified atom stereocenters. The third-order valence-corrected chi connectivity index (χ3v) is 4.06. The van der Waals surface area contributed by atoms with Crippen LogP contribution in [-0.2, 0) is 6.18 Å². The summed E-state index contributed by atoms with van der Waals surface area (Å²) < 4.78 is 38.6. The van der Waals surface area contributed by atoms with Gasteiger partial charge in [-0.25, -0.2) is 4.98 Å². The van der Waals surface area contributed by atoms with E-state index in [4.69, 9.17) is 11.6 Å². The van der Waals surface area contributed by atoms with E-state index in [1.807, 2.05) is 0 Å². The van der Waals surface area contributed by atoms with Crippen molar-refractivity contribution < 1.29 is 22.8 Å². The van der Waals surface area contributed by atoms with Crippen LogP contribution in [0, 0.1) is 0 Å². The second kappa shape index (κ2) is 8.32. The van der Waals surface area contributed by atoms with Crippen molar-refractivity contribution in [3.05, 3.63) is 88.7 Å². The van der Waals surface area contributed by atoms with E-state index in [9.17, 15) is 22.8 Å². The van der Waals surface area contributed by atoms with Gasteiger partial charge in [-0.15, -0.1) is 0 Å². The summed E-state index contributed by atoms with van der Waals surface area (Å²) in [5.41, 5.74) is -0.398. The van der Waals surface area contributed by atoms with Crippen LogP contribution in [0.5, 0.6) is 0 Å².